The van der Waals surface area contributed by atoms with E-state index in [4.69, 9.17) is 23.5 Å². The fourth-order valence-corrected chi connectivity index (χ4v) is 2.26. The molecule has 0 saturated carbocycles. The molecule has 12 heteroatoms. The molecule has 1 saturated heterocycles. The Bertz CT molecular complexity index is 585. The van der Waals surface area contributed by atoms with E-state index in [-0.39, 0.29) is 11.3 Å². The first kappa shape index (κ1) is 18.0. The summed E-state index contributed by atoms with van der Waals surface area (Å²) in [5, 5.41) is 37.4. The van der Waals surface area contributed by atoms with Crippen molar-refractivity contribution < 1.29 is 34.3 Å². The zero-order valence-corrected chi connectivity index (χ0v) is 11.8. The van der Waals surface area contributed by atoms with E-state index >= 15 is 0 Å². The van der Waals surface area contributed by atoms with Gasteiger partial charge in [0.25, 0.3) is 5.85 Å². The smallest absolute Gasteiger partial charge is 0.327 e. The molecule has 0 unspecified atom stereocenters. The van der Waals surface area contributed by atoms with Gasteiger partial charge in [-0.2, -0.15) is 0 Å². The molecule has 0 aromatic heterocycles. The van der Waals surface area contributed by atoms with Crippen LogP contribution in [-0.4, -0.2) is 90.6 Å². The van der Waals surface area contributed by atoms with Crippen molar-refractivity contribution in [3.8, 4) is 0 Å². The molecule has 0 aliphatic carbocycles. The second kappa shape index (κ2) is 5.35. The maximum atomic E-state index is 14.6. The molecule has 5 N–H and O–H groups in total. The fraction of sp³-hybridized carbons (Fsp3) is 0.545. The number of aliphatic hydroxyl groups is 4. The SMILES string of the molecule is [B]C([B])(O)[C@@]1(F)O[C@@]([B])(N2C=C(CO)C(=C)NC2=O)[C@H](O)[C@@H]1O. The predicted octanol–water partition coefficient (Wildman–Crippen LogP) is -3.38. The van der Waals surface area contributed by atoms with E-state index in [1.165, 1.54) is 0 Å². The number of alkyl halides is 1. The standard InChI is InChI=1S/C11H12B3FN2O6/c1-4-5(3-18)2-17(8(21)16-4)10(12)7(20)6(19)9(15,23-10)11(13,14)22/h2,6-7,18-20,22H,1,3H2,(H,16,21)/t6-,7+,9-,10-/m0/s1. The molecule has 118 valence electrons. The van der Waals surface area contributed by atoms with Crippen molar-refractivity contribution in [3.63, 3.8) is 0 Å². The summed E-state index contributed by atoms with van der Waals surface area (Å²) >= 11 is 0. The number of halogens is 1. The lowest BCUT2D eigenvalue weighted by Crippen LogP contribution is -2.61. The van der Waals surface area contributed by atoms with Crippen LogP contribution in [0.4, 0.5) is 9.18 Å². The van der Waals surface area contributed by atoms with Gasteiger partial charge in [0.1, 0.15) is 41.4 Å². The van der Waals surface area contributed by atoms with Crippen LogP contribution in [0.25, 0.3) is 0 Å². The molecule has 8 nitrogen and oxygen atoms in total. The second-order valence-electron chi connectivity index (χ2n) is 5.31. The fourth-order valence-electron chi connectivity index (χ4n) is 2.26. The van der Waals surface area contributed by atoms with Crippen molar-refractivity contribution in [2.24, 2.45) is 0 Å². The van der Waals surface area contributed by atoms with Crippen LogP contribution in [0.2, 0.25) is 0 Å². The van der Waals surface area contributed by atoms with Crippen molar-refractivity contribution in [2.75, 3.05) is 6.61 Å². The number of hydrogen-bond donors (Lipinski definition) is 5. The number of nitrogens with zero attached hydrogens (tertiary/aromatic N) is 1. The summed E-state index contributed by atoms with van der Waals surface area (Å²) in [6.45, 7) is 2.90. The summed E-state index contributed by atoms with van der Waals surface area (Å²) in [7, 11) is 15.7. The van der Waals surface area contributed by atoms with Crippen LogP contribution in [-0.2, 0) is 4.74 Å². The van der Waals surface area contributed by atoms with Crippen molar-refractivity contribution in [1.82, 2.24) is 10.2 Å². The summed E-state index contributed by atoms with van der Waals surface area (Å²) in [5.41, 5.74) is -2.55. The number of hydrogen-bond acceptors (Lipinski definition) is 6. The average molecular weight is 320 g/mol. The number of urea groups is 1. The lowest BCUT2D eigenvalue weighted by atomic mass is 9.59. The van der Waals surface area contributed by atoms with Crippen LogP contribution < -0.4 is 5.32 Å². The van der Waals surface area contributed by atoms with Crippen molar-refractivity contribution in [3.05, 3.63) is 24.0 Å². The molecule has 2 aliphatic rings. The minimum absolute atomic E-state index is 0.0473. The maximum Gasteiger partial charge on any atom is 0.327 e. The van der Waals surface area contributed by atoms with Gasteiger partial charge in [-0.3, -0.25) is 4.90 Å². The Morgan fingerprint density at radius 1 is 1.48 bits per heavy atom. The molecule has 6 radical (unpaired) electrons. The third-order valence-electron chi connectivity index (χ3n) is 3.66. The zero-order valence-electron chi connectivity index (χ0n) is 11.8. The second-order valence-corrected chi connectivity index (χ2v) is 5.31. The summed E-state index contributed by atoms with van der Waals surface area (Å²) in [4.78, 5) is 12.5. The summed E-state index contributed by atoms with van der Waals surface area (Å²) in [6, 6.07) is -0.997. The van der Waals surface area contributed by atoms with E-state index < -0.39 is 41.7 Å². The minimum Gasteiger partial charge on any atom is -0.403 e. The van der Waals surface area contributed by atoms with Crippen LogP contribution in [0.3, 0.4) is 0 Å². The summed E-state index contributed by atoms with van der Waals surface area (Å²) in [6.07, 6.45) is -3.77. The number of carbonyl (C=O) groups excluding carboxylic acids is 1. The molecule has 4 atom stereocenters. The molecular weight excluding hydrogens is 308 g/mol. The van der Waals surface area contributed by atoms with E-state index in [9.17, 15) is 29.6 Å². The van der Waals surface area contributed by atoms with Gasteiger partial charge in [0.05, 0.1) is 6.61 Å². The molecule has 2 amide bonds. The molecule has 2 rings (SSSR count). The number of ether oxygens (including phenoxy) is 1. The Morgan fingerprint density at radius 2 is 2.04 bits per heavy atom. The zero-order chi connectivity index (χ0) is 17.8. The molecule has 0 aromatic rings. The van der Waals surface area contributed by atoms with Gasteiger partial charge >= 0.3 is 6.03 Å². The summed E-state index contributed by atoms with van der Waals surface area (Å²) in [5.74, 6) is -3.58. The van der Waals surface area contributed by atoms with E-state index in [0.29, 0.717) is 4.90 Å². The quantitative estimate of drug-likeness (QED) is 0.346. The molecule has 23 heavy (non-hydrogen) atoms. The van der Waals surface area contributed by atoms with Gasteiger partial charge in [0.2, 0.25) is 0 Å². The topological polar surface area (TPSA) is 122 Å². The lowest BCUT2D eigenvalue weighted by Gasteiger charge is -2.42. The molecule has 1 fully saturated rings. The van der Waals surface area contributed by atoms with Crippen LogP contribution in [0.15, 0.2) is 24.0 Å². The molecule has 0 aromatic carbocycles. The minimum atomic E-state index is -3.58. The molecule has 0 bridgehead atoms. The van der Waals surface area contributed by atoms with Gasteiger partial charge in [-0.15, -0.1) is 0 Å². The largest absolute Gasteiger partial charge is 0.403 e. The van der Waals surface area contributed by atoms with E-state index in [1.54, 1.807) is 0 Å². The summed E-state index contributed by atoms with van der Waals surface area (Å²) < 4.78 is 19.3. The predicted molar refractivity (Wildman–Crippen MR) is 76.6 cm³/mol. The molecule has 2 aliphatic heterocycles. The highest BCUT2D eigenvalue weighted by molar-refractivity contribution is 6.39. The van der Waals surface area contributed by atoms with Gasteiger partial charge in [-0.1, -0.05) is 6.58 Å². The Kier molecular flexibility index (Phi) is 4.19. The van der Waals surface area contributed by atoms with Crippen LogP contribution in [0.5, 0.6) is 0 Å². The van der Waals surface area contributed by atoms with E-state index in [2.05, 4.69) is 16.6 Å². The number of nitrogens with one attached hydrogen (secondary N) is 1. The van der Waals surface area contributed by atoms with Crippen molar-refractivity contribution in [1.29, 1.82) is 0 Å². The monoisotopic (exact) mass is 320 g/mol. The van der Waals surface area contributed by atoms with Gasteiger partial charge < -0.3 is 30.5 Å². The van der Waals surface area contributed by atoms with Crippen LogP contribution in [0, 0.1) is 0 Å². The lowest BCUT2D eigenvalue weighted by molar-refractivity contribution is -0.242. The molecular formula is C11H12B3FN2O6. The van der Waals surface area contributed by atoms with E-state index in [0.717, 1.165) is 6.20 Å². The van der Waals surface area contributed by atoms with Crippen LogP contribution in [0.1, 0.15) is 0 Å². The number of rotatable bonds is 3. The van der Waals surface area contributed by atoms with Crippen molar-refractivity contribution >= 4 is 29.6 Å². The Balaban J connectivity index is 2.48. The Hall–Kier alpha value is -1.33. The van der Waals surface area contributed by atoms with Crippen LogP contribution >= 0.6 is 0 Å². The first-order valence-corrected chi connectivity index (χ1v) is 6.34. The Morgan fingerprint density at radius 3 is 2.48 bits per heavy atom. The Labute approximate surface area is 134 Å². The normalized spacial score (nSPS) is 38.5. The van der Waals surface area contributed by atoms with Gasteiger partial charge in [-0.25, -0.2) is 9.18 Å². The van der Waals surface area contributed by atoms with Crippen molar-refractivity contribution in [2.45, 2.75) is 29.1 Å². The first-order valence-electron chi connectivity index (χ1n) is 6.34. The van der Waals surface area contributed by atoms with E-state index in [1.807, 2.05) is 0 Å². The molecule has 2 heterocycles. The van der Waals surface area contributed by atoms with Gasteiger partial charge in [-0.05, 0) is 0 Å². The highest BCUT2D eigenvalue weighted by Crippen LogP contribution is 2.44. The third kappa shape index (κ3) is 2.50. The van der Waals surface area contributed by atoms with Gasteiger partial charge in [0, 0.05) is 22.9 Å². The van der Waals surface area contributed by atoms with Gasteiger partial charge in [0.15, 0.2) is 0 Å². The highest BCUT2D eigenvalue weighted by Gasteiger charge is 2.68. The first-order chi connectivity index (χ1) is 10.4. The number of aliphatic hydroxyl groups excluding tert-OH is 3. The molecule has 0 spiro atoms. The third-order valence-corrected chi connectivity index (χ3v) is 3.66. The number of amides is 2. The maximum absolute atomic E-state index is 14.6. The number of carbonyl (C=O) groups is 1. The average Bonchev–Trinajstić information content (AvgIpc) is 2.61. The highest BCUT2D eigenvalue weighted by atomic mass is 19.2.